The lowest BCUT2D eigenvalue weighted by Crippen LogP contribution is -2.16. The molecule has 2 N–H and O–H groups in total. The number of sulfonamides is 1. The van der Waals surface area contributed by atoms with Crippen LogP contribution in [-0.4, -0.2) is 28.5 Å². The number of carbonyl (C=O) groups excluding carboxylic acids is 1. The summed E-state index contributed by atoms with van der Waals surface area (Å²) in [4.78, 5) is 12.1. The lowest BCUT2D eigenvalue weighted by molar-refractivity contribution is -0.112. The molecular weight excluding hydrogens is 380 g/mol. The molecule has 0 saturated heterocycles. The maximum absolute atomic E-state index is 12.9. The van der Waals surface area contributed by atoms with Gasteiger partial charge in [0.1, 0.15) is 16.4 Å². The standard InChI is InChI=1S/C20H24N2O5S/c1-5-6-14(2)20(23)21-16-9-12-18(27-4)19(13-16)28(24,25)22-15-7-10-17(26-3)11-8-15/h6-13,22H,5H2,1-4H3,(H,21,23)/b14-6-. The molecule has 2 aromatic carbocycles. The van der Waals surface area contributed by atoms with E-state index in [0.29, 0.717) is 22.7 Å². The van der Waals surface area contributed by atoms with Gasteiger partial charge in [-0.25, -0.2) is 8.42 Å². The van der Waals surface area contributed by atoms with E-state index in [-0.39, 0.29) is 16.6 Å². The van der Waals surface area contributed by atoms with Gasteiger partial charge in [-0.05, 0) is 55.8 Å². The number of methoxy groups -OCH3 is 2. The van der Waals surface area contributed by atoms with Crippen molar-refractivity contribution in [1.82, 2.24) is 0 Å². The van der Waals surface area contributed by atoms with Crippen molar-refractivity contribution in [2.45, 2.75) is 25.2 Å². The van der Waals surface area contributed by atoms with Gasteiger partial charge in [0.2, 0.25) is 0 Å². The zero-order valence-corrected chi connectivity index (χ0v) is 17.1. The zero-order valence-electron chi connectivity index (χ0n) is 16.3. The number of hydrogen-bond donors (Lipinski definition) is 2. The molecule has 8 heteroatoms. The Morgan fingerprint density at radius 1 is 1.04 bits per heavy atom. The Labute approximate surface area is 165 Å². The highest BCUT2D eigenvalue weighted by Crippen LogP contribution is 2.29. The van der Waals surface area contributed by atoms with E-state index < -0.39 is 10.0 Å². The van der Waals surface area contributed by atoms with Gasteiger partial charge >= 0.3 is 0 Å². The Hall–Kier alpha value is -3.00. The van der Waals surface area contributed by atoms with Gasteiger partial charge in [-0.15, -0.1) is 0 Å². The van der Waals surface area contributed by atoms with Gasteiger partial charge in [-0.1, -0.05) is 13.0 Å². The van der Waals surface area contributed by atoms with E-state index in [1.807, 2.05) is 6.92 Å². The zero-order chi connectivity index (χ0) is 20.7. The van der Waals surface area contributed by atoms with E-state index >= 15 is 0 Å². The van der Waals surface area contributed by atoms with E-state index in [1.165, 1.54) is 26.4 Å². The Balaban J connectivity index is 2.33. The SMILES string of the molecule is CC/C=C(/C)C(=O)Nc1ccc(OC)c(S(=O)(=O)Nc2ccc(OC)cc2)c1. The highest BCUT2D eigenvalue weighted by atomic mass is 32.2. The van der Waals surface area contributed by atoms with Crippen LogP contribution in [0.1, 0.15) is 20.3 Å². The van der Waals surface area contributed by atoms with Crippen LogP contribution in [0.3, 0.4) is 0 Å². The molecule has 0 heterocycles. The van der Waals surface area contributed by atoms with Gasteiger partial charge in [0.15, 0.2) is 0 Å². The Kier molecular flexibility index (Phi) is 7.06. The number of carbonyl (C=O) groups is 1. The van der Waals surface area contributed by atoms with Crippen LogP contribution >= 0.6 is 0 Å². The molecule has 0 spiro atoms. The fourth-order valence-electron chi connectivity index (χ4n) is 2.46. The van der Waals surface area contributed by atoms with Crippen LogP contribution < -0.4 is 19.5 Å². The first-order chi connectivity index (χ1) is 13.3. The molecule has 28 heavy (non-hydrogen) atoms. The van der Waals surface area contributed by atoms with Crippen molar-refractivity contribution in [3.8, 4) is 11.5 Å². The monoisotopic (exact) mass is 404 g/mol. The van der Waals surface area contributed by atoms with Gasteiger partial charge in [-0.3, -0.25) is 9.52 Å². The normalized spacial score (nSPS) is 11.6. The quantitative estimate of drug-likeness (QED) is 0.653. The van der Waals surface area contributed by atoms with Gasteiger partial charge in [0.25, 0.3) is 15.9 Å². The van der Waals surface area contributed by atoms with Crippen LogP contribution in [-0.2, 0) is 14.8 Å². The maximum Gasteiger partial charge on any atom is 0.265 e. The largest absolute Gasteiger partial charge is 0.497 e. The molecule has 0 aliphatic heterocycles. The predicted molar refractivity (Wildman–Crippen MR) is 109 cm³/mol. The van der Waals surface area contributed by atoms with Crippen molar-refractivity contribution >= 4 is 27.3 Å². The molecular formula is C20H24N2O5S. The van der Waals surface area contributed by atoms with E-state index in [1.54, 1.807) is 43.3 Å². The highest BCUT2D eigenvalue weighted by molar-refractivity contribution is 7.92. The van der Waals surface area contributed by atoms with Crippen LogP contribution in [0.25, 0.3) is 0 Å². The van der Waals surface area contributed by atoms with E-state index in [2.05, 4.69) is 10.0 Å². The summed E-state index contributed by atoms with van der Waals surface area (Å²) in [5.41, 5.74) is 1.28. The Bertz CT molecular complexity index is 967. The summed E-state index contributed by atoms with van der Waals surface area (Å²) in [6.45, 7) is 3.63. The maximum atomic E-state index is 12.9. The predicted octanol–water partition coefficient (Wildman–Crippen LogP) is 3.80. The van der Waals surface area contributed by atoms with Crippen LogP contribution in [0, 0.1) is 0 Å². The highest BCUT2D eigenvalue weighted by Gasteiger charge is 2.21. The first-order valence-corrected chi connectivity index (χ1v) is 10.1. The van der Waals surface area contributed by atoms with Crippen molar-refractivity contribution in [2.75, 3.05) is 24.3 Å². The van der Waals surface area contributed by atoms with E-state index in [4.69, 9.17) is 9.47 Å². The molecule has 0 aromatic heterocycles. The molecule has 0 aliphatic carbocycles. The number of allylic oxidation sites excluding steroid dienone is 1. The third-order valence-corrected chi connectivity index (χ3v) is 5.32. The van der Waals surface area contributed by atoms with Crippen LogP contribution in [0.15, 0.2) is 59.0 Å². The average molecular weight is 404 g/mol. The molecule has 0 radical (unpaired) electrons. The lowest BCUT2D eigenvalue weighted by Gasteiger charge is -2.14. The number of ether oxygens (including phenoxy) is 2. The molecule has 0 unspecified atom stereocenters. The molecule has 2 aromatic rings. The summed E-state index contributed by atoms with van der Waals surface area (Å²) in [5.74, 6) is 0.485. The summed E-state index contributed by atoms with van der Waals surface area (Å²) in [5, 5.41) is 2.70. The molecule has 7 nitrogen and oxygen atoms in total. The van der Waals surface area contributed by atoms with Crippen LogP contribution in [0.2, 0.25) is 0 Å². The lowest BCUT2D eigenvalue weighted by atomic mass is 10.2. The van der Waals surface area contributed by atoms with Crippen molar-refractivity contribution in [2.24, 2.45) is 0 Å². The summed E-state index contributed by atoms with van der Waals surface area (Å²) in [7, 11) is -1.03. The number of benzene rings is 2. The summed E-state index contributed by atoms with van der Waals surface area (Å²) >= 11 is 0. The van der Waals surface area contributed by atoms with Gasteiger partial charge < -0.3 is 14.8 Å². The van der Waals surface area contributed by atoms with Gasteiger partial charge in [0, 0.05) is 16.9 Å². The molecule has 1 amide bonds. The molecule has 0 saturated carbocycles. The van der Waals surface area contributed by atoms with Crippen LogP contribution in [0.5, 0.6) is 11.5 Å². The van der Waals surface area contributed by atoms with Gasteiger partial charge in [0.05, 0.1) is 14.2 Å². The second-order valence-electron chi connectivity index (χ2n) is 5.95. The summed E-state index contributed by atoms with van der Waals surface area (Å²) in [6, 6.07) is 10.9. The van der Waals surface area contributed by atoms with E-state index in [0.717, 1.165) is 6.42 Å². The fourth-order valence-corrected chi connectivity index (χ4v) is 3.72. The van der Waals surface area contributed by atoms with Crippen LogP contribution in [0.4, 0.5) is 11.4 Å². The number of hydrogen-bond acceptors (Lipinski definition) is 5. The number of rotatable bonds is 8. The average Bonchev–Trinajstić information content (AvgIpc) is 2.68. The Morgan fingerprint density at radius 3 is 2.25 bits per heavy atom. The second-order valence-corrected chi connectivity index (χ2v) is 7.60. The van der Waals surface area contributed by atoms with E-state index in [9.17, 15) is 13.2 Å². The minimum atomic E-state index is -3.95. The summed E-state index contributed by atoms with van der Waals surface area (Å²) < 4.78 is 38.5. The third-order valence-electron chi connectivity index (χ3n) is 3.92. The molecule has 0 bridgehead atoms. The first kappa shape index (κ1) is 21.3. The van der Waals surface area contributed by atoms with Crippen molar-refractivity contribution in [1.29, 1.82) is 0 Å². The van der Waals surface area contributed by atoms with Crippen molar-refractivity contribution < 1.29 is 22.7 Å². The van der Waals surface area contributed by atoms with Crippen molar-refractivity contribution in [3.05, 3.63) is 54.1 Å². The molecule has 0 fully saturated rings. The molecule has 0 aliphatic rings. The fraction of sp³-hybridized carbons (Fsp3) is 0.250. The minimum Gasteiger partial charge on any atom is -0.497 e. The number of anilines is 2. The topological polar surface area (TPSA) is 93.7 Å². The smallest absolute Gasteiger partial charge is 0.265 e. The molecule has 2 rings (SSSR count). The van der Waals surface area contributed by atoms with Crippen molar-refractivity contribution in [3.63, 3.8) is 0 Å². The molecule has 150 valence electrons. The third kappa shape index (κ3) is 5.26. The summed E-state index contributed by atoms with van der Waals surface area (Å²) in [6.07, 6.45) is 2.52. The minimum absolute atomic E-state index is 0.0826. The number of nitrogens with one attached hydrogen (secondary N) is 2. The van der Waals surface area contributed by atoms with Gasteiger partial charge in [-0.2, -0.15) is 0 Å². The first-order valence-electron chi connectivity index (χ1n) is 8.63. The second kappa shape index (κ2) is 9.27. The Morgan fingerprint density at radius 2 is 1.68 bits per heavy atom. The number of amides is 1. The molecule has 0 atom stereocenters.